The van der Waals surface area contributed by atoms with Crippen LogP contribution in [-0.2, 0) is 17.6 Å². The molecule has 1 aliphatic rings. The SMILES string of the molecule is CCC(CC)C(=O)Nc1sc2c(c1C#N)CC[C@@H](C)C2. The van der Waals surface area contributed by atoms with Crippen molar-refractivity contribution in [2.45, 2.75) is 52.9 Å². The van der Waals surface area contributed by atoms with Crippen molar-refractivity contribution in [2.75, 3.05) is 5.32 Å². The molecular formula is C16H22N2OS. The van der Waals surface area contributed by atoms with E-state index in [4.69, 9.17) is 0 Å². The third-order valence-electron chi connectivity index (χ3n) is 4.22. The van der Waals surface area contributed by atoms with Gasteiger partial charge in [-0.3, -0.25) is 4.79 Å². The quantitative estimate of drug-likeness (QED) is 0.907. The first-order chi connectivity index (χ1) is 9.60. The van der Waals surface area contributed by atoms with E-state index < -0.39 is 0 Å². The van der Waals surface area contributed by atoms with Crippen LogP contribution in [0.5, 0.6) is 0 Å². The van der Waals surface area contributed by atoms with E-state index in [2.05, 4.69) is 18.3 Å². The predicted octanol–water partition coefficient (Wildman–Crippen LogP) is 4.12. The Bertz CT molecular complexity index is 537. The fraction of sp³-hybridized carbons (Fsp3) is 0.625. The first kappa shape index (κ1) is 15.1. The Kier molecular flexibility index (Phi) is 4.82. The van der Waals surface area contributed by atoms with Crippen molar-refractivity contribution >= 4 is 22.2 Å². The number of nitrogens with one attached hydrogen (secondary N) is 1. The fourth-order valence-corrected chi connectivity index (χ4v) is 4.19. The maximum absolute atomic E-state index is 12.2. The summed E-state index contributed by atoms with van der Waals surface area (Å²) in [7, 11) is 0. The van der Waals surface area contributed by atoms with Crippen molar-refractivity contribution in [3.05, 3.63) is 16.0 Å². The van der Waals surface area contributed by atoms with E-state index in [1.54, 1.807) is 11.3 Å². The van der Waals surface area contributed by atoms with Crippen molar-refractivity contribution in [2.24, 2.45) is 11.8 Å². The molecule has 2 rings (SSSR count). The molecular weight excluding hydrogens is 268 g/mol. The molecule has 20 heavy (non-hydrogen) atoms. The number of carbonyl (C=O) groups excluding carboxylic acids is 1. The summed E-state index contributed by atoms with van der Waals surface area (Å²) in [5, 5.41) is 13.2. The zero-order valence-electron chi connectivity index (χ0n) is 12.5. The van der Waals surface area contributed by atoms with Crippen LogP contribution >= 0.6 is 11.3 Å². The van der Waals surface area contributed by atoms with Crippen LogP contribution in [0.1, 0.15) is 56.0 Å². The van der Waals surface area contributed by atoms with Crippen molar-refractivity contribution in [3.8, 4) is 6.07 Å². The lowest BCUT2D eigenvalue weighted by atomic mass is 9.88. The summed E-state index contributed by atoms with van der Waals surface area (Å²) in [6.45, 7) is 6.30. The maximum atomic E-state index is 12.2. The van der Waals surface area contributed by atoms with Crippen LogP contribution in [0.25, 0.3) is 0 Å². The molecule has 1 amide bonds. The lowest BCUT2D eigenvalue weighted by Gasteiger charge is -2.17. The van der Waals surface area contributed by atoms with E-state index in [0.29, 0.717) is 11.5 Å². The molecule has 1 heterocycles. The number of hydrogen-bond donors (Lipinski definition) is 1. The highest BCUT2D eigenvalue weighted by Crippen LogP contribution is 2.39. The van der Waals surface area contributed by atoms with Gasteiger partial charge in [0.15, 0.2) is 0 Å². The number of nitrogens with zero attached hydrogens (tertiary/aromatic N) is 1. The highest BCUT2D eigenvalue weighted by atomic mass is 32.1. The Morgan fingerprint density at radius 2 is 2.20 bits per heavy atom. The van der Waals surface area contributed by atoms with E-state index in [0.717, 1.165) is 37.1 Å². The van der Waals surface area contributed by atoms with E-state index in [-0.39, 0.29) is 11.8 Å². The summed E-state index contributed by atoms with van der Waals surface area (Å²) < 4.78 is 0. The van der Waals surface area contributed by atoms with Crippen molar-refractivity contribution < 1.29 is 4.79 Å². The molecule has 108 valence electrons. The maximum Gasteiger partial charge on any atom is 0.228 e. The van der Waals surface area contributed by atoms with Gasteiger partial charge in [0, 0.05) is 10.8 Å². The Morgan fingerprint density at radius 3 is 2.80 bits per heavy atom. The lowest BCUT2D eigenvalue weighted by molar-refractivity contribution is -0.120. The first-order valence-electron chi connectivity index (χ1n) is 7.46. The molecule has 1 aliphatic carbocycles. The molecule has 1 N–H and O–H groups in total. The van der Waals surface area contributed by atoms with Crippen LogP contribution < -0.4 is 5.32 Å². The molecule has 3 nitrogen and oxygen atoms in total. The first-order valence-corrected chi connectivity index (χ1v) is 8.27. The molecule has 0 saturated heterocycles. The summed E-state index contributed by atoms with van der Waals surface area (Å²) in [5.74, 6) is 0.771. The van der Waals surface area contributed by atoms with E-state index in [9.17, 15) is 10.1 Å². The third kappa shape index (κ3) is 2.88. The minimum Gasteiger partial charge on any atom is -0.316 e. The van der Waals surface area contributed by atoms with Crippen LogP contribution in [0.15, 0.2) is 0 Å². The minimum absolute atomic E-state index is 0.0413. The summed E-state index contributed by atoms with van der Waals surface area (Å²) in [6, 6.07) is 2.29. The summed E-state index contributed by atoms with van der Waals surface area (Å²) in [6.07, 6.45) is 4.82. The number of nitriles is 1. The van der Waals surface area contributed by atoms with Crippen LogP contribution in [0.3, 0.4) is 0 Å². The van der Waals surface area contributed by atoms with Gasteiger partial charge in [-0.25, -0.2) is 0 Å². The van der Waals surface area contributed by atoms with Crippen LogP contribution in [-0.4, -0.2) is 5.91 Å². The number of fused-ring (bicyclic) bond motifs is 1. The third-order valence-corrected chi connectivity index (χ3v) is 5.39. The normalized spacial score (nSPS) is 17.6. The smallest absolute Gasteiger partial charge is 0.228 e. The Hall–Kier alpha value is -1.34. The van der Waals surface area contributed by atoms with Gasteiger partial charge in [-0.2, -0.15) is 5.26 Å². The second-order valence-corrected chi connectivity index (χ2v) is 6.78. The number of anilines is 1. The van der Waals surface area contributed by atoms with Gasteiger partial charge in [-0.05, 0) is 43.6 Å². The minimum atomic E-state index is 0.0413. The van der Waals surface area contributed by atoms with E-state index in [1.807, 2.05) is 13.8 Å². The van der Waals surface area contributed by atoms with Gasteiger partial charge in [0.2, 0.25) is 5.91 Å². The summed E-state index contributed by atoms with van der Waals surface area (Å²) in [4.78, 5) is 13.5. The van der Waals surface area contributed by atoms with E-state index in [1.165, 1.54) is 10.4 Å². The van der Waals surface area contributed by atoms with Crippen molar-refractivity contribution in [1.29, 1.82) is 5.26 Å². The molecule has 0 unspecified atom stereocenters. The van der Waals surface area contributed by atoms with Crippen LogP contribution in [0.2, 0.25) is 0 Å². The van der Waals surface area contributed by atoms with Gasteiger partial charge in [-0.1, -0.05) is 20.8 Å². The van der Waals surface area contributed by atoms with Crippen LogP contribution in [0, 0.1) is 23.2 Å². The number of carbonyl (C=O) groups is 1. The Balaban J connectivity index is 2.25. The van der Waals surface area contributed by atoms with Gasteiger partial charge in [0.05, 0.1) is 5.56 Å². The standard InChI is InChI=1S/C16H22N2OS/c1-4-11(5-2)15(19)18-16-13(9-17)12-7-6-10(3)8-14(12)20-16/h10-11H,4-8H2,1-3H3,(H,18,19)/t10-/m1/s1. The van der Waals surface area contributed by atoms with Gasteiger partial charge >= 0.3 is 0 Å². The topological polar surface area (TPSA) is 52.9 Å². The molecule has 0 fully saturated rings. The zero-order valence-corrected chi connectivity index (χ0v) is 13.3. The molecule has 0 radical (unpaired) electrons. The zero-order chi connectivity index (χ0) is 14.7. The fourth-order valence-electron chi connectivity index (χ4n) is 2.83. The molecule has 1 atom stereocenters. The van der Waals surface area contributed by atoms with Gasteiger partial charge < -0.3 is 5.32 Å². The Morgan fingerprint density at radius 1 is 1.50 bits per heavy atom. The molecule has 4 heteroatoms. The van der Waals surface area contributed by atoms with Gasteiger partial charge in [0.25, 0.3) is 0 Å². The second kappa shape index (κ2) is 6.41. The van der Waals surface area contributed by atoms with Crippen LogP contribution in [0.4, 0.5) is 5.00 Å². The highest BCUT2D eigenvalue weighted by Gasteiger charge is 2.25. The molecule has 1 aromatic rings. The number of rotatable bonds is 4. The lowest BCUT2D eigenvalue weighted by Crippen LogP contribution is -2.21. The number of hydrogen-bond acceptors (Lipinski definition) is 3. The van der Waals surface area contributed by atoms with Gasteiger partial charge in [-0.15, -0.1) is 11.3 Å². The molecule has 0 bridgehead atoms. The average Bonchev–Trinajstić information content (AvgIpc) is 2.76. The molecule has 1 aromatic heterocycles. The highest BCUT2D eigenvalue weighted by molar-refractivity contribution is 7.16. The molecule has 0 saturated carbocycles. The molecule has 0 aromatic carbocycles. The number of amides is 1. The van der Waals surface area contributed by atoms with Crippen molar-refractivity contribution in [1.82, 2.24) is 0 Å². The summed E-state index contributed by atoms with van der Waals surface area (Å²) >= 11 is 1.60. The molecule has 0 aliphatic heterocycles. The average molecular weight is 290 g/mol. The largest absolute Gasteiger partial charge is 0.316 e. The van der Waals surface area contributed by atoms with E-state index >= 15 is 0 Å². The predicted molar refractivity (Wildman–Crippen MR) is 82.9 cm³/mol. The monoisotopic (exact) mass is 290 g/mol. The summed E-state index contributed by atoms with van der Waals surface area (Å²) in [5.41, 5.74) is 1.88. The van der Waals surface area contributed by atoms with Gasteiger partial charge in [0.1, 0.15) is 11.1 Å². The van der Waals surface area contributed by atoms with Crippen molar-refractivity contribution in [3.63, 3.8) is 0 Å². The second-order valence-electron chi connectivity index (χ2n) is 5.67. The molecule has 0 spiro atoms. The Labute approximate surface area is 125 Å². The number of thiophene rings is 1.